The normalized spacial score (nSPS) is 12.1. The van der Waals surface area contributed by atoms with E-state index in [2.05, 4.69) is 0 Å². The highest BCUT2D eigenvalue weighted by atomic mass is 16.5. The van der Waals surface area contributed by atoms with Gasteiger partial charge in [0, 0.05) is 0 Å². The quantitative estimate of drug-likeness (QED) is 0.864. The zero-order valence-electron chi connectivity index (χ0n) is 10.9. The first-order valence-corrected chi connectivity index (χ1v) is 6.37. The smallest absolute Gasteiger partial charge is 0.119 e. The zero-order chi connectivity index (χ0) is 13.7. The molecule has 1 unspecified atom stereocenters. The minimum absolute atomic E-state index is 0.238. The van der Waals surface area contributed by atoms with Crippen molar-refractivity contribution in [1.82, 2.24) is 0 Å². The third-order valence-corrected chi connectivity index (χ3v) is 2.97. The lowest BCUT2D eigenvalue weighted by Crippen LogP contribution is -1.97. The first-order valence-electron chi connectivity index (χ1n) is 6.37. The number of hydrogen-bond donors (Lipinski definition) is 2. The van der Waals surface area contributed by atoms with Crippen molar-refractivity contribution < 1.29 is 14.9 Å². The van der Waals surface area contributed by atoms with Crippen LogP contribution in [0.4, 0.5) is 0 Å². The molecular weight excluding hydrogens is 240 g/mol. The van der Waals surface area contributed by atoms with Crippen molar-refractivity contribution in [2.24, 2.45) is 0 Å². The zero-order valence-corrected chi connectivity index (χ0v) is 10.9. The summed E-state index contributed by atoms with van der Waals surface area (Å²) >= 11 is 0. The fourth-order valence-electron chi connectivity index (χ4n) is 1.83. The van der Waals surface area contributed by atoms with Crippen LogP contribution in [0.25, 0.3) is 0 Å². The number of benzene rings is 2. The van der Waals surface area contributed by atoms with E-state index in [9.17, 15) is 10.2 Å². The van der Waals surface area contributed by atoms with E-state index in [1.807, 2.05) is 37.3 Å². The summed E-state index contributed by atoms with van der Waals surface area (Å²) in [5.74, 6) is 0.984. The SMILES string of the molecule is CCC(O)c1ccc(OCc2cccc(O)c2)cc1. The first-order chi connectivity index (χ1) is 9.19. The predicted octanol–water partition coefficient (Wildman–Crippen LogP) is 3.41. The van der Waals surface area contributed by atoms with Crippen molar-refractivity contribution >= 4 is 0 Å². The minimum Gasteiger partial charge on any atom is -0.508 e. The summed E-state index contributed by atoms with van der Waals surface area (Å²) in [6, 6.07) is 14.4. The molecule has 0 aromatic heterocycles. The van der Waals surface area contributed by atoms with Crippen LogP contribution >= 0.6 is 0 Å². The second kappa shape index (κ2) is 6.25. The molecule has 0 fully saturated rings. The summed E-state index contributed by atoms with van der Waals surface area (Å²) in [7, 11) is 0. The van der Waals surface area contributed by atoms with Crippen molar-refractivity contribution in [2.75, 3.05) is 0 Å². The van der Waals surface area contributed by atoms with Crippen LogP contribution in [0.3, 0.4) is 0 Å². The standard InChI is InChI=1S/C16H18O3/c1-2-16(18)13-6-8-15(9-7-13)19-11-12-4-3-5-14(17)10-12/h3-10,16-18H,2,11H2,1H3. The van der Waals surface area contributed by atoms with Crippen LogP contribution in [-0.2, 0) is 6.61 Å². The summed E-state index contributed by atoms with van der Waals surface area (Å²) < 4.78 is 5.62. The molecule has 0 radical (unpaired) electrons. The van der Waals surface area contributed by atoms with Gasteiger partial charge in [0.15, 0.2) is 0 Å². The Balaban J connectivity index is 1.96. The fourth-order valence-corrected chi connectivity index (χ4v) is 1.83. The molecule has 0 aliphatic carbocycles. The number of aliphatic hydroxyl groups is 1. The largest absolute Gasteiger partial charge is 0.508 e. The molecule has 3 heteroatoms. The van der Waals surface area contributed by atoms with E-state index >= 15 is 0 Å². The van der Waals surface area contributed by atoms with Gasteiger partial charge in [-0.25, -0.2) is 0 Å². The Bertz CT molecular complexity index is 520. The van der Waals surface area contributed by atoms with Crippen LogP contribution in [0.2, 0.25) is 0 Å². The van der Waals surface area contributed by atoms with E-state index in [1.54, 1.807) is 18.2 Å². The van der Waals surface area contributed by atoms with Crippen LogP contribution in [0.5, 0.6) is 11.5 Å². The Hall–Kier alpha value is -2.00. The molecule has 1 atom stereocenters. The van der Waals surface area contributed by atoms with Gasteiger partial charge >= 0.3 is 0 Å². The van der Waals surface area contributed by atoms with E-state index in [4.69, 9.17) is 4.74 Å². The molecule has 0 heterocycles. The van der Waals surface area contributed by atoms with Crippen molar-refractivity contribution in [3.63, 3.8) is 0 Å². The van der Waals surface area contributed by atoms with Crippen LogP contribution in [0, 0.1) is 0 Å². The summed E-state index contributed by atoms with van der Waals surface area (Å²) in [6.07, 6.45) is 0.281. The highest BCUT2D eigenvalue weighted by Gasteiger charge is 2.04. The Morgan fingerprint density at radius 3 is 2.47 bits per heavy atom. The highest BCUT2D eigenvalue weighted by molar-refractivity contribution is 5.30. The van der Waals surface area contributed by atoms with Gasteiger partial charge in [-0.1, -0.05) is 31.2 Å². The number of rotatable bonds is 5. The van der Waals surface area contributed by atoms with Crippen LogP contribution < -0.4 is 4.74 Å². The lowest BCUT2D eigenvalue weighted by molar-refractivity contribution is 0.173. The van der Waals surface area contributed by atoms with Crippen molar-refractivity contribution in [2.45, 2.75) is 26.1 Å². The van der Waals surface area contributed by atoms with Gasteiger partial charge < -0.3 is 14.9 Å². The van der Waals surface area contributed by atoms with Crippen molar-refractivity contribution in [3.05, 3.63) is 59.7 Å². The van der Waals surface area contributed by atoms with Gasteiger partial charge in [0.05, 0.1) is 6.10 Å². The maximum Gasteiger partial charge on any atom is 0.119 e. The molecule has 2 aromatic rings. The molecule has 0 aliphatic heterocycles. The lowest BCUT2D eigenvalue weighted by atomic mass is 10.1. The molecule has 19 heavy (non-hydrogen) atoms. The van der Waals surface area contributed by atoms with Gasteiger partial charge in [-0.15, -0.1) is 0 Å². The maximum atomic E-state index is 9.69. The predicted molar refractivity (Wildman–Crippen MR) is 74.1 cm³/mol. The number of phenols is 1. The average molecular weight is 258 g/mol. The summed E-state index contributed by atoms with van der Waals surface area (Å²) in [5, 5.41) is 19.0. The molecule has 0 aliphatic rings. The third-order valence-electron chi connectivity index (χ3n) is 2.97. The maximum absolute atomic E-state index is 9.69. The van der Waals surface area contributed by atoms with Crippen molar-refractivity contribution in [3.8, 4) is 11.5 Å². The molecule has 0 saturated carbocycles. The Morgan fingerprint density at radius 2 is 1.84 bits per heavy atom. The molecular formula is C16H18O3. The molecule has 3 nitrogen and oxygen atoms in total. The van der Waals surface area contributed by atoms with E-state index < -0.39 is 6.10 Å². The molecule has 2 rings (SSSR count). The lowest BCUT2D eigenvalue weighted by Gasteiger charge is -2.10. The third kappa shape index (κ3) is 3.73. The molecule has 0 amide bonds. The summed E-state index contributed by atoms with van der Waals surface area (Å²) in [5.41, 5.74) is 1.81. The van der Waals surface area contributed by atoms with Gasteiger partial charge in [0.25, 0.3) is 0 Å². The van der Waals surface area contributed by atoms with Gasteiger partial charge in [-0.05, 0) is 41.8 Å². The summed E-state index contributed by atoms with van der Waals surface area (Å²) in [6.45, 7) is 2.35. The number of aromatic hydroxyl groups is 1. The molecule has 0 bridgehead atoms. The van der Waals surface area contributed by atoms with Gasteiger partial charge in [-0.2, -0.15) is 0 Å². The van der Waals surface area contributed by atoms with Gasteiger partial charge in [0.2, 0.25) is 0 Å². The van der Waals surface area contributed by atoms with E-state index in [1.165, 1.54) is 0 Å². The number of hydrogen-bond acceptors (Lipinski definition) is 3. The van der Waals surface area contributed by atoms with E-state index in [-0.39, 0.29) is 5.75 Å². The topological polar surface area (TPSA) is 49.7 Å². The number of ether oxygens (including phenoxy) is 1. The Kier molecular flexibility index (Phi) is 4.42. The van der Waals surface area contributed by atoms with Gasteiger partial charge in [-0.3, -0.25) is 0 Å². The highest BCUT2D eigenvalue weighted by Crippen LogP contribution is 2.21. The number of aliphatic hydroxyl groups excluding tert-OH is 1. The van der Waals surface area contributed by atoms with Crippen LogP contribution in [0.15, 0.2) is 48.5 Å². The average Bonchev–Trinajstić information content (AvgIpc) is 2.45. The number of phenolic OH excluding ortho intramolecular Hbond substituents is 1. The molecule has 2 aromatic carbocycles. The minimum atomic E-state index is -0.417. The van der Waals surface area contributed by atoms with Crippen LogP contribution in [0.1, 0.15) is 30.6 Å². The second-order valence-electron chi connectivity index (χ2n) is 4.45. The van der Waals surface area contributed by atoms with E-state index in [0.717, 1.165) is 16.9 Å². The van der Waals surface area contributed by atoms with Crippen molar-refractivity contribution in [1.29, 1.82) is 0 Å². The van der Waals surface area contributed by atoms with Gasteiger partial charge in [0.1, 0.15) is 18.1 Å². The monoisotopic (exact) mass is 258 g/mol. The Morgan fingerprint density at radius 1 is 1.11 bits per heavy atom. The first kappa shape index (κ1) is 13.4. The Labute approximate surface area is 113 Å². The van der Waals surface area contributed by atoms with Crippen LogP contribution in [-0.4, -0.2) is 10.2 Å². The molecule has 100 valence electrons. The molecule has 0 saturated heterocycles. The summed E-state index contributed by atoms with van der Waals surface area (Å²) in [4.78, 5) is 0. The molecule has 2 N–H and O–H groups in total. The molecule has 0 spiro atoms. The van der Waals surface area contributed by atoms with E-state index in [0.29, 0.717) is 13.0 Å². The fraction of sp³-hybridized carbons (Fsp3) is 0.250. The second-order valence-corrected chi connectivity index (χ2v) is 4.45.